The van der Waals surface area contributed by atoms with E-state index < -0.39 is 11.6 Å². The molecule has 3 heteroatoms. The number of nitrogens with one attached hydrogen (secondary N) is 1. The fraction of sp³-hybridized carbons (Fsp3) is 0.500. The molecule has 0 unspecified atom stereocenters. The first-order valence-corrected chi connectivity index (χ1v) is 4.91. The van der Waals surface area contributed by atoms with Crippen molar-refractivity contribution in [1.29, 1.82) is 0 Å². The number of halogens is 2. The van der Waals surface area contributed by atoms with Gasteiger partial charge in [-0.2, -0.15) is 0 Å². The van der Waals surface area contributed by atoms with Crippen LogP contribution in [0, 0.1) is 11.6 Å². The minimum absolute atomic E-state index is 0. The lowest BCUT2D eigenvalue weighted by atomic mass is 10.2. The molecule has 1 nitrogen and oxygen atoms in total. The molecule has 1 fully saturated rings. The first kappa shape index (κ1) is 14.0. The standard InChI is InChI=1S/C6H4F2.C5H11N.CH4/c7-5-1-2-6(8)4-3-5;1-2-4-6-5-3-1;/h1-4H;6H,1-5H2;1H4. The molecule has 1 aromatic rings. The Morgan fingerprint density at radius 3 is 1.40 bits per heavy atom. The van der Waals surface area contributed by atoms with Crippen LogP contribution in [0.3, 0.4) is 0 Å². The Morgan fingerprint density at radius 2 is 1.20 bits per heavy atom. The number of hydrogen-bond donors (Lipinski definition) is 1. The second-order valence-corrected chi connectivity index (χ2v) is 3.25. The van der Waals surface area contributed by atoms with Crippen molar-refractivity contribution in [3.63, 3.8) is 0 Å². The molecule has 0 radical (unpaired) electrons. The summed E-state index contributed by atoms with van der Waals surface area (Å²) in [6.45, 7) is 2.50. The van der Waals surface area contributed by atoms with Gasteiger partial charge in [-0.15, -0.1) is 0 Å². The molecule has 0 aromatic heterocycles. The molecule has 86 valence electrons. The number of benzene rings is 1. The summed E-state index contributed by atoms with van der Waals surface area (Å²) in [6, 6.07) is 4.31. The minimum Gasteiger partial charge on any atom is -0.317 e. The topological polar surface area (TPSA) is 12.0 Å². The van der Waals surface area contributed by atoms with Gasteiger partial charge in [0.1, 0.15) is 11.6 Å². The van der Waals surface area contributed by atoms with E-state index in [4.69, 9.17) is 0 Å². The molecule has 0 amide bonds. The van der Waals surface area contributed by atoms with Gasteiger partial charge >= 0.3 is 0 Å². The smallest absolute Gasteiger partial charge is 0.123 e. The third-order valence-electron chi connectivity index (χ3n) is 2.01. The van der Waals surface area contributed by atoms with Gasteiger partial charge in [0.25, 0.3) is 0 Å². The van der Waals surface area contributed by atoms with E-state index in [9.17, 15) is 8.78 Å². The minimum atomic E-state index is -0.411. The highest BCUT2D eigenvalue weighted by molar-refractivity contribution is 5.04. The molecule has 1 aromatic carbocycles. The van der Waals surface area contributed by atoms with Crippen LogP contribution in [0.5, 0.6) is 0 Å². The largest absolute Gasteiger partial charge is 0.317 e. The first-order valence-electron chi connectivity index (χ1n) is 4.91. The van der Waals surface area contributed by atoms with Crippen molar-refractivity contribution in [3.05, 3.63) is 35.9 Å². The van der Waals surface area contributed by atoms with Crippen LogP contribution in [0.4, 0.5) is 8.78 Å². The molecule has 1 aliphatic rings. The normalized spacial score (nSPS) is 14.5. The molecule has 0 aliphatic carbocycles. The zero-order valence-electron chi connectivity index (χ0n) is 8.10. The predicted octanol–water partition coefficient (Wildman–Crippen LogP) is 3.36. The van der Waals surface area contributed by atoms with Crippen LogP contribution in [-0.2, 0) is 0 Å². The van der Waals surface area contributed by atoms with Crippen molar-refractivity contribution < 1.29 is 8.78 Å². The molecule has 1 aliphatic heterocycles. The number of hydrogen-bond acceptors (Lipinski definition) is 1. The van der Waals surface area contributed by atoms with Crippen molar-refractivity contribution in [1.82, 2.24) is 5.32 Å². The maximum atomic E-state index is 11.9. The van der Waals surface area contributed by atoms with Crippen LogP contribution in [0.25, 0.3) is 0 Å². The molecular formula is C12H19F2N. The van der Waals surface area contributed by atoms with Crippen molar-refractivity contribution in [2.75, 3.05) is 13.1 Å². The highest BCUT2D eigenvalue weighted by Gasteiger charge is 1.93. The van der Waals surface area contributed by atoms with E-state index in [2.05, 4.69) is 5.32 Å². The summed E-state index contributed by atoms with van der Waals surface area (Å²) in [7, 11) is 0. The molecule has 1 heterocycles. The van der Waals surface area contributed by atoms with Gasteiger partial charge in [0.15, 0.2) is 0 Å². The maximum absolute atomic E-state index is 11.9. The van der Waals surface area contributed by atoms with E-state index in [1.54, 1.807) is 0 Å². The van der Waals surface area contributed by atoms with E-state index in [1.807, 2.05) is 0 Å². The van der Waals surface area contributed by atoms with Crippen molar-refractivity contribution in [2.45, 2.75) is 26.7 Å². The monoisotopic (exact) mass is 215 g/mol. The Morgan fingerprint density at radius 1 is 0.800 bits per heavy atom. The van der Waals surface area contributed by atoms with Gasteiger partial charge in [-0.3, -0.25) is 0 Å². The second-order valence-electron chi connectivity index (χ2n) is 3.25. The lowest BCUT2D eigenvalue weighted by Crippen LogP contribution is -2.21. The summed E-state index contributed by atoms with van der Waals surface area (Å²) in [5.74, 6) is -0.821. The van der Waals surface area contributed by atoms with E-state index in [0.717, 1.165) is 24.3 Å². The van der Waals surface area contributed by atoms with Gasteiger partial charge in [-0.05, 0) is 50.2 Å². The fourth-order valence-corrected chi connectivity index (χ4v) is 1.23. The molecule has 1 N–H and O–H groups in total. The van der Waals surface area contributed by atoms with Gasteiger partial charge in [0, 0.05) is 0 Å². The van der Waals surface area contributed by atoms with Crippen molar-refractivity contribution >= 4 is 0 Å². The third-order valence-corrected chi connectivity index (χ3v) is 2.01. The molecular weight excluding hydrogens is 196 g/mol. The lowest BCUT2D eigenvalue weighted by Gasteiger charge is -2.08. The Balaban J connectivity index is 0.000000253. The summed E-state index contributed by atoms with van der Waals surface area (Å²) in [5.41, 5.74) is 0. The van der Waals surface area contributed by atoms with E-state index in [-0.39, 0.29) is 7.43 Å². The Hall–Kier alpha value is -0.960. The summed E-state index contributed by atoms with van der Waals surface area (Å²) in [6.07, 6.45) is 4.22. The van der Waals surface area contributed by atoms with E-state index in [1.165, 1.54) is 32.4 Å². The van der Waals surface area contributed by atoms with Crippen molar-refractivity contribution in [2.24, 2.45) is 0 Å². The molecule has 15 heavy (non-hydrogen) atoms. The van der Waals surface area contributed by atoms with Gasteiger partial charge < -0.3 is 5.32 Å². The zero-order valence-corrected chi connectivity index (χ0v) is 8.10. The summed E-state index contributed by atoms with van der Waals surface area (Å²) in [5, 5.41) is 3.28. The molecule has 2 rings (SSSR count). The highest BCUT2D eigenvalue weighted by Crippen LogP contribution is 1.98. The number of rotatable bonds is 0. The Bertz CT molecular complexity index is 210. The van der Waals surface area contributed by atoms with Crippen LogP contribution in [0.2, 0.25) is 0 Å². The second kappa shape index (κ2) is 8.36. The molecule has 1 saturated heterocycles. The zero-order chi connectivity index (χ0) is 10.2. The fourth-order valence-electron chi connectivity index (χ4n) is 1.23. The summed E-state index contributed by atoms with van der Waals surface area (Å²) < 4.78 is 23.8. The Kier molecular flexibility index (Phi) is 7.82. The predicted molar refractivity (Wildman–Crippen MR) is 59.8 cm³/mol. The lowest BCUT2D eigenvalue weighted by molar-refractivity contribution is 0.520. The molecule has 0 bridgehead atoms. The Labute approximate surface area is 90.5 Å². The van der Waals surface area contributed by atoms with Gasteiger partial charge in [0.05, 0.1) is 0 Å². The van der Waals surface area contributed by atoms with Crippen molar-refractivity contribution in [3.8, 4) is 0 Å². The van der Waals surface area contributed by atoms with E-state index in [0.29, 0.717) is 0 Å². The van der Waals surface area contributed by atoms with Gasteiger partial charge in [-0.1, -0.05) is 13.8 Å². The quantitative estimate of drug-likeness (QED) is 0.699. The average Bonchev–Trinajstić information content (AvgIpc) is 2.26. The van der Waals surface area contributed by atoms with E-state index >= 15 is 0 Å². The van der Waals surface area contributed by atoms with Crippen LogP contribution in [0.1, 0.15) is 26.7 Å². The number of piperidine rings is 1. The van der Waals surface area contributed by atoms with Crippen LogP contribution < -0.4 is 5.32 Å². The molecule has 0 saturated carbocycles. The highest BCUT2D eigenvalue weighted by atomic mass is 19.1. The molecule has 0 spiro atoms. The summed E-state index contributed by atoms with van der Waals surface area (Å²) >= 11 is 0. The molecule has 0 atom stereocenters. The van der Waals surface area contributed by atoms with Crippen LogP contribution in [-0.4, -0.2) is 13.1 Å². The van der Waals surface area contributed by atoms with Gasteiger partial charge in [-0.25, -0.2) is 8.78 Å². The third kappa shape index (κ3) is 7.03. The first-order chi connectivity index (χ1) is 6.79. The van der Waals surface area contributed by atoms with Gasteiger partial charge in [0.2, 0.25) is 0 Å². The average molecular weight is 215 g/mol. The SMILES string of the molecule is C.C1CCNCC1.Fc1ccc(F)cc1. The van der Waals surface area contributed by atoms with Crippen LogP contribution in [0.15, 0.2) is 24.3 Å². The van der Waals surface area contributed by atoms with Crippen LogP contribution >= 0.6 is 0 Å². The summed E-state index contributed by atoms with van der Waals surface area (Å²) in [4.78, 5) is 0. The maximum Gasteiger partial charge on any atom is 0.123 e.